The quantitative estimate of drug-likeness (QED) is 0.565. The van der Waals surface area contributed by atoms with Gasteiger partial charge in [-0.3, -0.25) is 0 Å². The van der Waals surface area contributed by atoms with Crippen LogP contribution in [0.15, 0.2) is 61.1 Å². The number of fused-ring (bicyclic) bond motifs is 1. The molecular weight excluding hydrogens is 303 g/mol. The summed E-state index contributed by atoms with van der Waals surface area (Å²) in [4.78, 5) is 4.46. The van der Waals surface area contributed by atoms with Crippen molar-refractivity contribution in [3.05, 3.63) is 66.9 Å². The van der Waals surface area contributed by atoms with Crippen molar-refractivity contribution in [2.75, 3.05) is 0 Å². The number of rotatable bonds is 3. The Kier molecular flexibility index (Phi) is 3.54. The van der Waals surface area contributed by atoms with Crippen LogP contribution < -0.4 is 0 Å². The molecule has 0 saturated heterocycles. The van der Waals surface area contributed by atoms with E-state index in [4.69, 9.17) is 0 Å². The predicted octanol–water partition coefficient (Wildman–Crippen LogP) is 4.32. The molecule has 4 aromatic rings. The Morgan fingerprint density at radius 3 is 2.62 bits per heavy atom. The van der Waals surface area contributed by atoms with Crippen molar-refractivity contribution in [1.29, 1.82) is 0 Å². The number of aryl methyl sites for hydroxylation is 1. The summed E-state index contributed by atoms with van der Waals surface area (Å²) < 4.78 is 16.2. The minimum absolute atomic E-state index is 0.248. The lowest BCUT2D eigenvalue weighted by Crippen LogP contribution is -1.95. The van der Waals surface area contributed by atoms with E-state index in [2.05, 4.69) is 15.2 Å². The standard InChI is InChI=1S/C19H15FN4/c1-2-24-12-21-18-16(11-22-23-19(18)24)14-8-9-17(20)15(10-14)13-6-4-3-5-7-13/h3-12H,2H2,1H3. The van der Waals surface area contributed by atoms with E-state index >= 15 is 0 Å². The smallest absolute Gasteiger partial charge is 0.183 e. The molecule has 2 aromatic carbocycles. The van der Waals surface area contributed by atoms with Crippen LogP contribution in [0, 0.1) is 5.82 Å². The fourth-order valence-electron chi connectivity index (χ4n) is 2.85. The average Bonchev–Trinajstić information content (AvgIpc) is 3.06. The van der Waals surface area contributed by atoms with Crippen LogP contribution in [0.5, 0.6) is 0 Å². The van der Waals surface area contributed by atoms with Crippen molar-refractivity contribution in [1.82, 2.24) is 19.7 Å². The molecule has 0 aliphatic heterocycles. The van der Waals surface area contributed by atoms with Crippen LogP contribution in [0.2, 0.25) is 0 Å². The average molecular weight is 318 g/mol. The molecule has 0 atom stereocenters. The summed E-state index contributed by atoms with van der Waals surface area (Å²) in [6.07, 6.45) is 3.43. The van der Waals surface area contributed by atoms with Gasteiger partial charge in [0.1, 0.15) is 11.3 Å². The molecule has 0 aliphatic carbocycles. The van der Waals surface area contributed by atoms with Crippen LogP contribution in [-0.4, -0.2) is 19.7 Å². The van der Waals surface area contributed by atoms with E-state index in [1.54, 1.807) is 18.6 Å². The van der Waals surface area contributed by atoms with Gasteiger partial charge in [-0.1, -0.05) is 36.4 Å². The zero-order valence-electron chi connectivity index (χ0n) is 13.1. The summed E-state index contributed by atoms with van der Waals surface area (Å²) in [6, 6.07) is 14.6. The molecule has 5 heteroatoms. The third-order valence-electron chi connectivity index (χ3n) is 4.11. The van der Waals surface area contributed by atoms with Gasteiger partial charge in [0.2, 0.25) is 0 Å². The Bertz CT molecular complexity index is 1010. The fourth-order valence-corrected chi connectivity index (χ4v) is 2.85. The van der Waals surface area contributed by atoms with Crippen molar-refractivity contribution in [2.24, 2.45) is 0 Å². The lowest BCUT2D eigenvalue weighted by molar-refractivity contribution is 0.631. The van der Waals surface area contributed by atoms with Gasteiger partial charge in [0.15, 0.2) is 5.65 Å². The van der Waals surface area contributed by atoms with Crippen molar-refractivity contribution >= 4 is 11.2 Å². The molecule has 2 aromatic heterocycles. The van der Waals surface area contributed by atoms with E-state index < -0.39 is 0 Å². The van der Waals surface area contributed by atoms with Gasteiger partial charge in [0.05, 0.1) is 12.5 Å². The van der Waals surface area contributed by atoms with Crippen molar-refractivity contribution in [2.45, 2.75) is 13.5 Å². The molecular formula is C19H15FN4. The molecule has 24 heavy (non-hydrogen) atoms. The maximum absolute atomic E-state index is 14.3. The van der Waals surface area contributed by atoms with Gasteiger partial charge in [-0.2, -0.15) is 5.10 Å². The molecule has 0 fully saturated rings. The number of aromatic nitrogens is 4. The molecule has 0 N–H and O–H groups in total. The Balaban J connectivity index is 1.91. The summed E-state index contributed by atoms with van der Waals surface area (Å²) in [5.41, 5.74) is 4.64. The van der Waals surface area contributed by atoms with E-state index in [-0.39, 0.29) is 5.82 Å². The number of imidazole rings is 1. The Hall–Kier alpha value is -3.08. The zero-order chi connectivity index (χ0) is 16.5. The first kappa shape index (κ1) is 14.5. The molecule has 0 bridgehead atoms. The van der Waals surface area contributed by atoms with Gasteiger partial charge in [0, 0.05) is 17.7 Å². The first-order valence-electron chi connectivity index (χ1n) is 7.80. The molecule has 0 aliphatic rings. The molecule has 2 heterocycles. The minimum Gasteiger partial charge on any atom is -0.314 e. The van der Waals surface area contributed by atoms with Crippen molar-refractivity contribution in [3.63, 3.8) is 0 Å². The van der Waals surface area contributed by atoms with E-state index in [0.29, 0.717) is 5.56 Å². The van der Waals surface area contributed by atoms with Gasteiger partial charge >= 0.3 is 0 Å². The monoisotopic (exact) mass is 318 g/mol. The second kappa shape index (κ2) is 5.85. The van der Waals surface area contributed by atoms with E-state index in [9.17, 15) is 4.39 Å². The normalized spacial score (nSPS) is 11.1. The van der Waals surface area contributed by atoms with Gasteiger partial charge in [-0.15, -0.1) is 5.10 Å². The summed E-state index contributed by atoms with van der Waals surface area (Å²) in [7, 11) is 0. The second-order valence-corrected chi connectivity index (χ2v) is 5.52. The minimum atomic E-state index is -0.248. The summed E-state index contributed by atoms with van der Waals surface area (Å²) >= 11 is 0. The number of nitrogens with zero attached hydrogens (tertiary/aromatic N) is 4. The maximum Gasteiger partial charge on any atom is 0.183 e. The van der Waals surface area contributed by atoms with Crippen LogP contribution in [0.25, 0.3) is 33.4 Å². The van der Waals surface area contributed by atoms with Gasteiger partial charge < -0.3 is 4.57 Å². The van der Waals surface area contributed by atoms with Gasteiger partial charge in [0.25, 0.3) is 0 Å². The van der Waals surface area contributed by atoms with Crippen LogP contribution in [0.3, 0.4) is 0 Å². The molecule has 0 saturated carbocycles. The maximum atomic E-state index is 14.3. The number of hydrogen-bond donors (Lipinski definition) is 0. The third-order valence-corrected chi connectivity index (χ3v) is 4.11. The summed E-state index contributed by atoms with van der Waals surface area (Å²) in [5, 5.41) is 8.26. The first-order chi connectivity index (χ1) is 11.8. The molecule has 0 radical (unpaired) electrons. The Morgan fingerprint density at radius 2 is 1.83 bits per heavy atom. The highest BCUT2D eigenvalue weighted by Gasteiger charge is 2.13. The highest BCUT2D eigenvalue weighted by atomic mass is 19.1. The van der Waals surface area contributed by atoms with Crippen LogP contribution >= 0.6 is 0 Å². The SMILES string of the molecule is CCn1cnc2c(-c3ccc(F)c(-c4ccccc4)c3)cnnc21. The van der Waals surface area contributed by atoms with E-state index in [1.807, 2.05) is 47.9 Å². The Morgan fingerprint density at radius 1 is 1.00 bits per heavy atom. The van der Waals surface area contributed by atoms with Crippen LogP contribution in [0.1, 0.15) is 6.92 Å². The fraction of sp³-hybridized carbons (Fsp3) is 0.105. The molecule has 0 spiro atoms. The highest BCUT2D eigenvalue weighted by molar-refractivity contribution is 5.90. The lowest BCUT2D eigenvalue weighted by Gasteiger charge is -2.08. The summed E-state index contributed by atoms with van der Waals surface area (Å²) in [5.74, 6) is -0.248. The molecule has 118 valence electrons. The molecule has 0 unspecified atom stereocenters. The third kappa shape index (κ3) is 2.34. The largest absolute Gasteiger partial charge is 0.314 e. The number of halogens is 1. The predicted molar refractivity (Wildman–Crippen MR) is 91.8 cm³/mol. The lowest BCUT2D eigenvalue weighted by atomic mass is 9.99. The van der Waals surface area contributed by atoms with Crippen molar-refractivity contribution < 1.29 is 4.39 Å². The topological polar surface area (TPSA) is 43.6 Å². The van der Waals surface area contributed by atoms with E-state index in [0.717, 1.165) is 34.4 Å². The molecule has 0 amide bonds. The second-order valence-electron chi connectivity index (χ2n) is 5.52. The molecule has 4 rings (SSSR count). The molecule has 4 nitrogen and oxygen atoms in total. The van der Waals surface area contributed by atoms with Crippen LogP contribution in [0.4, 0.5) is 4.39 Å². The first-order valence-corrected chi connectivity index (χ1v) is 7.80. The van der Waals surface area contributed by atoms with Gasteiger partial charge in [-0.05, 0) is 30.2 Å². The van der Waals surface area contributed by atoms with E-state index in [1.165, 1.54) is 6.07 Å². The highest BCUT2D eigenvalue weighted by Crippen LogP contribution is 2.31. The zero-order valence-corrected chi connectivity index (χ0v) is 13.1. The van der Waals surface area contributed by atoms with Crippen molar-refractivity contribution in [3.8, 4) is 22.3 Å². The van der Waals surface area contributed by atoms with Crippen LogP contribution in [-0.2, 0) is 6.54 Å². The summed E-state index contributed by atoms with van der Waals surface area (Å²) in [6.45, 7) is 2.80. The number of benzene rings is 2. The Labute approximate surface area is 138 Å². The van der Waals surface area contributed by atoms with Gasteiger partial charge in [-0.25, -0.2) is 9.37 Å². The number of hydrogen-bond acceptors (Lipinski definition) is 3.